The van der Waals surface area contributed by atoms with E-state index in [9.17, 15) is 19.5 Å². The molecular weight excluding hydrogens is 286 g/mol. The Hall–Kier alpha value is -2.63. The number of carbonyl (C=O) groups excluding carboxylic acids is 2. The van der Waals surface area contributed by atoms with Gasteiger partial charge >= 0.3 is 5.97 Å². The van der Waals surface area contributed by atoms with Crippen LogP contribution in [0.15, 0.2) is 41.7 Å². The van der Waals surface area contributed by atoms with Gasteiger partial charge in [-0.25, -0.2) is 0 Å². The first kappa shape index (κ1) is 15.8. The fourth-order valence-electron chi connectivity index (χ4n) is 2.63. The number of hydrogen-bond donors (Lipinski definition) is 2. The van der Waals surface area contributed by atoms with Crippen molar-refractivity contribution in [1.29, 1.82) is 0 Å². The van der Waals surface area contributed by atoms with Crippen LogP contribution in [0.3, 0.4) is 0 Å². The number of aliphatic hydroxyl groups is 1. The molecular formula is C16H17NO5. The maximum atomic E-state index is 12.2. The summed E-state index contributed by atoms with van der Waals surface area (Å²) in [6, 6.07) is 8.24. The largest absolute Gasteiger partial charge is 0.503 e. The zero-order valence-electron chi connectivity index (χ0n) is 12.2. The summed E-state index contributed by atoms with van der Waals surface area (Å²) in [6.07, 6.45) is 0.171. The summed E-state index contributed by atoms with van der Waals surface area (Å²) >= 11 is 0. The molecule has 2 N–H and O–H groups in total. The lowest BCUT2D eigenvalue weighted by molar-refractivity contribution is -0.138. The lowest BCUT2D eigenvalue weighted by Gasteiger charge is -2.26. The van der Waals surface area contributed by atoms with Gasteiger partial charge in [-0.15, -0.1) is 0 Å². The van der Waals surface area contributed by atoms with Gasteiger partial charge in [0.1, 0.15) is 0 Å². The van der Waals surface area contributed by atoms with Crippen LogP contribution in [0.25, 0.3) is 0 Å². The van der Waals surface area contributed by atoms with E-state index >= 15 is 0 Å². The molecule has 1 aromatic carbocycles. The maximum absolute atomic E-state index is 12.2. The summed E-state index contributed by atoms with van der Waals surface area (Å²) in [5.74, 6) is -2.51. The number of aliphatic carboxylic acids is 1. The molecule has 0 spiro atoms. The topological polar surface area (TPSA) is 94.9 Å². The van der Waals surface area contributed by atoms with Gasteiger partial charge in [0.15, 0.2) is 11.5 Å². The summed E-state index contributed by atoms with van der Waals surface area (Å²) in [7, 11) is 0. The van der Waals surface area contributed by atoms with E-state index in [4.69, 9.17) is 5.11 Å². The van der Waals surface area contributed by atoms with Gasteiger partial charge in [-0.3, -0.25) is 14.4 Å². The number of carboxylic acid groups (broad SMARTS) is 1. The zero-order chi connectivity index (χ0) is 16.3. The smallest absolute Gasteiger partial charge is 0.303 e. The molecule has 1 aromatic rings. The van der Waals surface area contributed by atoms with Crippen LogP contribution in [-0.2, 0) is 14.4 Å². The first-order chi connectivity index (χ1) is 10.4. The van der Waals surface area contributed by atoms with Crippen LogP contribution in [0.5, 0.6) is 0 Å². The van der Waals surface area contributed by atoms with Gasteiger partial charge in [-0.1, -0.05) is 30.3 Å². The Bertz CT molecular complexity index is 635. The molecule has 0 unspecified atom stereocenters. The molecule has 2 rings (SSSR count). The lowest BCUT2D eigenvalue weighted by atomic mass is 9.97. The van der Waals surface area contributed by atoms with Gasteiger partial charge in [0.2, 0.25) is 0 Å². The first-order valence-electron chi connectivity index (χ1n) is 6.95. The van der Waals surface area contributed by atoms with Crippen LogP contribution in [0.4, 0.5) is 0 Å². The van der Waals surface area contributed by atoms with Gasteiger partial charge < -0.3 is 15.1 Å². The minimum absolute atomic E-state index is 0.0616. The minimum Gasteiger partial charge on any atom is -0.503 e. The third-order valence-corrected chi connectivity index (χ3v) is 3.59. The molecule has 0 bridgehead atoms. The number of carboxylic acids is 1. The van der Waals surface area contributed by atoms with E-state index in [1.54, 1.807) is 24.3 Å². The number of ketones is 1. The number of hydrogen-bond acceptors (Lipinski definition) is 4. The Morgan fingerprint density at radius 2 is 1.86 bits per heavy atom. The third kappa shape index (κ3) is 3.00. The van der Waals surface area contributed by atoms with Gasteiger partial charge in [-0.2, -0.15) is 0 Å². The molecule has 0 saturated heterocycles. The van der Waals surface area contributed by atoms with Gasteiger partial charge in [0.25, 0.3) is 5.91 Å². The molecule has 1 heterocycles. The standard InChI is InChI=1S/C16H17NO5/c1-10(18)13-14(11-6-3-2-4-7-11)17(16(22)15(13)21)9-5-8-12(19)20/h2-4,6-7,14,21H,5,8-9H2,1H3,(H,19,20)/t14-/m0/s1. The number of Topliss-reactive ketones (excluding diaryl/α,β-unsaturated/α-hetero) is 1. The Morgan fingerprint density at radius 3 is 2.41 bits per heavy atom. The highest BCUT2D eigenvalue weighted by Gasteiger charge is 2.41. The summed E-state index contributed by atoms with van der Waals surface area (Å²) in [6.45, 7) is 1.46. The second kappa shape index (κ2) is 6.43. The second-order valence-corrected chi connectivity index (χ2v) is 5.13. The first-order valence-corrected chi connectivity index (χ1v) is 6.95. The van der Waals surface area contributed by atoms with Crippen molar-refractivity contribution in [2.24, 2.45) is 0 Å². The Morgan fingerprint density at radius 1 is 1.23 bits per heavy atom. The molecule has 116 valence electrons. The monoisotopic (exact) mass is 303 g/mol. The quantitative estimate of drug-likeness (QED) is 0.836. The summed E-state index contributed by atoms with van der Waals surface area (Å²) in [5.41, 5.74) is 0.770. The highest BCUT2D eigenvalue weighted by atomic mass is 16.4. The van der Waals surface area contributed by atoms with E-state index < -0.39 is 23.7 Å². The van der Waals surface area contributed by atoms with Crippen molar-refractivity contribution in [3.05, 3.63) is 47.2 Å². The number of carbonyl (C=O) groups is 3. The van der Waals surface area contributed by atoms with Crippen LogP contribution in [0, 0.1) is 0 Å². The van der Waals surface area contributed by atoms with Crippen LogP contribution in [-0.4, -0.2) is 39.3 Å². The van der Waals surface area contributed by atoms with Crippen molar-refractivity contribution in [2.45, 2.75) is 25.8 Å². The van der Waals surface area contributed by atoms with Gasteiger partial charge in [0, 0.05) is 13.0 Å². The SMILES string of the molecule is CC(=O)C1=C(O)C(=O)N(CCCC(=O)O)[C@H]1c1ccccc1. The number of aliphatic hydroxyl groups excluding tert-OH is 1. The van der Waals surface area contributed by atoms with E-state index in [1.807, 2.05) is 6.07 Å². The number of amides is 1. The van der Waals surface area contributed by atoms with Crippen LogP contribution < -0.4 is 0 Å². The second-order valence-electron chi connectivity index (χ2n) is 5.13. The summed E-state index contributed by atoms with van der Waals surface area (Å²) in [5, 5.41) is 18.7. The molecule has 6 heteroatoms. The van der Waals surface area contributed by atoms with E-state index in [0.717, 1.165) is 0 Å². The molecule has 0 aliphatic carbocycles. The number of rotatable bonds is 6. The predicted molar refractivity (Wildman–Crippen MR) is 78.1 cm³/mol. The van der Waals surface area contributed by atoms with Gasteiger partial charge in [-0.05, 0) is 18.9 Å². The van der Waals surface area contributed by atoms with Crippen molar-refractivity contribution in [3.8, 4) is 0 Å². The van der Waals surface area contributed by atoms with E-state index in [1.165, 1.54) is 11.8 Å². The Kier molecular flexibility index (Phi) is 4.60. The van der Waals surface area contributed by atoms with Crippen molar-refractivity contribution in [1.82, 2.24) is 4.90 Å². The van der Waals surface area contributed by atoms with Crippen LogP contribution in [0.1, 0.15) is 31.4 Å². The average Bonchev–Trinajstić information content (AvgIpc) is 2.72. The van der Waals surface area contributed by atoms with E-state index in [2.05, 4.69) is 0 Å². The molecule has 1 atom stereocenters. The van der Waals surface area contributed by atoms with E-state index in [-0.39, 0.29) is 30.7 Å². The maximum Gasteiger partial charge on any atom is 0.303 e. The summed E-state index contributed by atoms with van der Waals surface area (Å²) in [4.78, 5) is 36.0. The molecule has 0 radical (unpaired) electrons. The normalized spacial score (nSPS) is 18.0. The third-order valence-electron chi connectivity index (χ3n) is 3.59. The van der Waals surface area contributed by atoms with Crippen molar-refractivity contribution in [2.75, 3.05) is 6.54 Å². The zero-order valence-corrected chi connectivity index (χ0v) is 12.2. The fourth-order valence-corrected chi connectivity index (χ4v) is 2.63. The highest BCUT2D eigenvalue weighted by Crippen LogP contribution is 2.37. The fraction of sp³-hybridized carbons (Fsp3) is 0.312. The van der Waals surface area contributed by atoms with Crippen molar-refractivity contribution in [3.63, 3.8) is 0 Å². The van der Waals surface area contributed by atoms with Gasteiger partial charge in [0.05, 0.1) is 11.6 Å². The molecule has 22 heavy (non-hydrogen) atoms. The molecule has 1 amide bonds. The highest BCUT2D eigenvalue weighted by molar-refractivity contribution is 6.08. The predicted octanol–water partition coefficient (Wildman–Crippen LogP) is 1.84. The van der Waals surface area contributed by atoms with Crippen LogP contribution >= 0.6 is 0 Å². The summed E-state index contributed by atoms with van der Waals surface area (Å²) < 4.78 is 0. The molecule has 0 fully saturated rings. The molecule has 6 nitrogen and oxygen atoms in total. The molecule has 0 aromatic heterocycles. The van der Waals surface area contributed by atoms with E-state index in [0.29, 0.717) is 5.56 Å². The van der Waals surface area contributed by atoms with Crippen molar-refractivity contribution >= 4 is 17.7 Å². The number of benzene rings is 1. The van der Waals surface area contributed by atoms with Crippen LogP contribution in [0.2, 0.25) is 0 Å². The Balaban J connectivity index is 2.34. The van der Waals surface area contributed by atoms with Crippen molar-refractivity contribution < 1.29 is 24.6 Å². The number of nitrogens with zero attached hydrogens (tertiary/aromatic N) is 1. The molecule has 0 saturated carbocycles. The molecule has 1 aliphatic heterocycles. The Labute approximate surface area is 127 Å². The lowest BCUT2D eigenvalue weighted by Crippen LogP contribution is -2.32. The molecule has 1 aliphatic rings. The minimum atomic E-state index is -0.952. The average molecular weight is 303 g/mol.